The lowest BCUT2D eigenvalue weighted by molar-refractivity contribution is 0.667. The van der Waals surface area contributed by atoms with Crippen molar-refractivity contribution < 1.29 is 0 Å². The summed E-state index contributed by atoms with van der Waals surface area (Å²) in [7, 11) is 0. The third-order valence-electron chi connectivity index (χ3n) is 2.93. The molecule has 2 heteroatoms. The summed E-state index contributed by atoms with van der Waals surface area (Å²) in [6.45, 7) is 2.24. The fraction of sp³-hybridized carbons (Fsp3) is 0.429. The SMILES string of the molecule is CCCCCCc1ccc2cnncc2c1. The fourth-order valence-corrected chi connectivity index (χ4v) is 1.96. The molecule has 1 aromatic carbocycles. The van der Waals surface area contributed by atoms with Gasteiger partial charge in [-0.3, -0.25) is 0 Å². The number of hydrogen-bond donors (Lipinski definition) is 0. The van der Waals surface area contributed by atoms with Crippen LogP contribution >= 0.6 is 0 Å². The van der Waals surface area contributed by atoms with Gasteiger partial charge >= 0.3 is 0 Å². The van der Waals surface area contributed by atoms with Gasteiger partial charge in [0.2, 0.25) is 0 Å². The zero-order valence-electron chi connectivity index (χ0n) is 9.82. The van der Waals surface area contributed by atoms with Crippen molar-refractivity contribution in [1.82, 2.24) is 10.2 Å². The normalized spacial score (nSPS) is 10.8. The lowest BCUT2D eigenvalue weighted by Crippen LogP contribution is -1.87. The summed E-state index contributed by atoms with van der Waals surface area (Å²) in [5.74, 6) is 0. The Hall–Kier alpha value is -1.44. The molecule has 0 N–H and O–H groups in total. The van der Waals surface area contributed by atoms with Gasteiger partial charge in [0.15, 0.2) is 0 Å². The first-order valence-electron chi connectivity index (χ1n) is 6.09. The summed E-state index contributed by atoms with van der Waals surface area (Å²) in [6, 6.07) is 6.57. The minimum atomic E-state index is 1.17. The van der Waals surface area contributed by atoms with Gasteiger partial charge in [-0.1, -0.05) is 38.3 Å². The average Bonchev–Trinajstić information content (AvgIpc) is 2.34. The van der Waals surface area contributed by atoms with Crippen LogP contribution in [0.15, 0.2) is 30.6 Å². The molecule has 1 aromatic heterocycles. The number of hydrogen-bond acceptors (Lipinski definition) is 2. The number of aryl methyl sites for hydroxylation is 1. The Morgan fingerprint density at radius 1 is 0.938 bits per heavy atom. The zero-order chi connectivity index (χ0) is 11.2. The second kappa shape index (κ2) is 5.59. The van der Waals surface area contributed by atoms with Crippen molar-refractivity contribution in [3.63, 3.8) is 0 Å². The van der Waals surface area contributed by atoms with Crippen LogP contribution in [0.2, 0.25) is 0 Å². The Morgan fingerprint density at radius 2 is 1.75 bits per heavy atom. The van der Waals surface area contributed by atoms with Crippen LogP contribution < -0.4 is 0 Å². The number of fused-ring (bicyclic) bond motifs is 1. The largest absolute Gasteiger partial charge is 0.158 e. The summed E-state index contributed by atoms with van der Waals surface area (Å²) in [4.78, 5) is 0. The van der Waals surface area contributed by atoms with Crippen LogP contribution in [-0.4, -0.2) is 10.2 Å². The van der Waals surface area contributed by atoms with Gasteiger partial charge < -0.3 is 0 Å². The molecule has 0 aliphatic rings. The van der Waals surface area contributed by atoms with E-state index < -0.39 is 0 Å². The van der Waals surface area contributed by atoms with Crippen LogP contribution in [-0.2, 0) is 6.42 Å². The van der Waals surface area contributed by atoms with Gasteiger partial charge in [0.1, 0.15) is 0 Å². The van der Waals surface area contributed by atoms with Crippen LogP contribution in [0.3, 0.4) is 0 Å². The summed E-state index contributed by atoms with van der Waals surface area (Å²) >= 11 is 0. The molecule has 0 unspecified atom stereocenters. The highest BCUT2D eigenvalue weighted by Gasteiger charge is 1.97. The number of nitrogens with zero attached hydrogens (tertiary/aromatic N) is 2. The minimum absolute atomic E-state index is 1.17. The molecule has 16 heavy (non-hydrogen) atoms. The second-order valence-corrected chi connectivity index (χ2v) is 4.26. The first-order chi connectivity index (χ1) is 7.90. The van der Waals surface area contributed by atoms with E-state index in [-0.39, 0.29) is 0 Å². The fourth-order valence-electron chi connectivity index (χ4n) is 1.96. The molecule has 0 saturated heterocycles. The molecule has 0 aliphatic carbocycles. The number of benzene rings is 1. The van der Waals surface area contributed by atoms with E-state index in [1.165, 1.54) is 48.4 Å². The van der Waals surface area contributed by atoms with Crippen molar-refractivity contribution in [3.8, 4) is 0 Å². The molecular weight excluding hydrogens is 196 g/mol. The zero-order valence-corrected chi connectivity index (χ0v) is 9.82. The molecule has 1 heterocycles. The van der Waals surface area contributed by atoms with Gasteiger partial charge in [0.25, 0.3) is 0 Å². The monoisotopic (exact) mass is 214 g/mol. The van der Waals surface area contributed by atoms with Crippen molar-refractivity contribution in [3.05, 3.63) is 36.2 Å². The lowest BCUT2D eigenvalue weighted by Gasteiger charge is -2.02. The maximum atomic E-state index is 3.91. The third-order valence-corrected chi connectivity index (χ3v) is 2.93. The highest BCUT2D eigenvalue weighted by molar-refractivity contribution is 5.81. The van der Waals surface area contributed by atoms with E-state index in [1.807, 2.05) is 12.4 Å². The predicted octanol–water partition coefficient (Wildman–Crippen LogP) is 3.75. The van der Waals surface area contributed by atoms with Gasteiger partial charge in [-0.25, -0.2) is 0 Å². The Kier molecular flexibility index (Phi) is 3.86. The molecule has 0 saturated carbocycles. The Morgan fingerprint density at radius 3 is 2.56 bits per heavy atom. The molecule has 84 valence electrons. The van der Waals surface area contributed by atoms with Gasteiger partial charge in [-0.05, 0) is 24.5 Å². The summed E-state index contributed by atoms with van der Waals surface area (Å²) < 4.78 is 0. The van der Waals surface area contributed by atoms with E-state index in [2.05, 4.69) is 35.3 Å². The number of aromatic nitrogens is 2. The molecule has 2 rings (SSSR count). The second-order valence-electron chi connectivity index (χ2n) is 4.26. The topological polar surface area (TPSA) is 25.8 Å². The Bertz CT molecular complexity index is 451. The Balaban J connectivity index is 2.02. The van der Waals surface area contributed by atoms with E-state index in [0.717, 1.165) is 0 Å². The van der Waals surface area contributed by atoms with Crippen LogP contribution in [0.5, 0.6) is 0 Å². The molecule has 0 amide bonds. The van der Waals surface area contributed by atoms with Crippen molar-refractivity contribution >= 4 is 10.8 Å². The standard InChI is InChI=1S/C14H18N2/c1-2-3-4-5-6-12-7-8-13-10-15-16-11-14(13)9-12/h7-11H,2-6H2,1H3. The van der Waals surface area contributed by atoms with Gasteiger partial charge in [0.05, 0.1) is 12.4 Å². The molecule has 0 radical (unpaired) electrons. The third kappa shape index (κ3) is 2.78. The molecular formula is C14H18N2. The van der Waals surface area contributed by atoms with Gasteiger partial charge in [-0.15, -0.1) is 0 Å². The summed E-state index contributed by atoms with van der Waals surface area (Å²) in [5, 5.41) is 10.2. The van der Waals surface area contributed by atoms with Crippen molar-refractivity contribution in [2.45, 2.75) is 39.0 Å². The van der Waals surface area contributed by atoms with Crippen LogP contribution in [0.4, 0.5) is 0 Å². The molecule has 2 nitrogen and oxygen atoms in total. The molecule has 0 atom stereocenters. The summed E-state index contributed by atoms with van der Waals surface area (Å²) in [5.41, 5.74) is 1.41. The van der Waals surface area contributed by atoms with Crippen molar-refractivity contribution in [2.75, 3.05) is 0 Å². The van der Waals surface area contributed by atoms with Gasteiger partial charge in [0, 0.05) is 10.8 Å². The smallest absolute Gasteiger partial charge is 0.0574 e. The first kappa shape index (κ1) is 11.1. The maximum Gasteiger partial charge on any atom is 0.0574 e. The molecule has 2 aromatic rings. The minimum Gasteiger partial charge on any atom is -0.158 e. The Labute approximate surface area is 96.7 Å². The van der Waals surface area contributed by atoms with Gasteiger partial charge in [-0.2, -0.15) is 10.2 Å². The quantitative estimate of drug-likeness (QED) is 0.708. The average molecular weight is 214 g/mol. The molecule has 0 fully saturated rings. The lowest BCUT2D eigenvalue weighted by atomic mass is 10.0. The van der Waals surface area contributed by atoms with E-state index in [0.29, 0.717) is 0 Å². The molecule has 0 spiro atoms. The van der Waals surface area contributed by atoms with Crippen LogP contribution in [0.25, 0.3) is 10.8 Å². The first-order valence-corrected chi connectivity index (χ1v) is 6.09. The van der Waals surface area contributed by atoms with Crippen LogP contribution in [0, 0.1) is 0 Å². The van der Waals surface area contributed by atoms with E-state index in [4.69, 9.17) is 0 Å². The van der Waals surface area contributed by atoms with E-state index >= 15 is 0 Å². The predicted molar refractivity (Wildman–Crippen MR) is 67.4 cm³/mol. The van der Waals surface area contributed by atoms with Crippen molar-refractivity contribution in [2.24, 2.45) is 0 Å². The summed E-state index contributed by atoms with van der Waals surface area (Å²) in [6.07, 6.45) is 10.1. The highest BCUT2D eigenvalue weighted by Crippen LogP contribution is 2.15. The maximum absolute atomic E-state index is 3.91. The molecule has 0 aliphatic heterocycles. The van der Waals surface area contributed by atoms with E-state index in [1.54, 1.807) is 0 Å². The van der Waals surface area contributed by atoms with Crippen molar-refractivity contribution in [1.29, 1.82) is 0 Å². The van der Waals surface area contributed by atoms with E-state index in [9.17, 15) is 0 Å². The highest BCUT2D eigenvalue weighted by atomic mass is 15.1. The molecule has 0 bridgehead atoms. The van der Waals surface area contributed by atoms with Crippen LogP contribution in [0.1, 0.15) is 38.2 Å². The number of unbranched alkanes of at least 4 members (excludes halogenated alkanes) is 3. The number of rotatable bonds is 5.